The number of hydrogen-bond acceptors (Lipinski definition) is 4. The second-order valence-corrected chi connectivity index (χ2v) is 5.77. The van der Waals surface area contributed by atoms with Crippen LogP contribution in [0, 0.1) is 0 Å². The van der Waals surface area contributed by atoms with Gasteiger partial charge in [-0.25, -0.2) is 0 Å². The van der Waals surface area contributed by atoms with E-state index >= 15 is 0 Å². The number of halogens is 3. The van der Waals surface area contributed by atoms with Gasteiger partial charge in [-0.2, -0.15) is 8.78 Å². The molecule has 4 N–H and O–H groups in total. The van der Waals surface area contributed by atoms with Crippen molar-refractivity contribution < 1.29 is 13.6 Å². The maximum absolute atomic E-state index is 12.5. The van der Waals surface area contributed by atoms with Crippen LogP contribution >= 0.6 is 12.4 Å². The highest BCUT2D eigenvalue weighted by atomic mass is 35.5. The number of nitrogens with two attached hydrogens (primary N) is 2. The molecule has 1 aromatic heterocycles. The van der Waals surface area contributed by atoms with E-state index in [0.29, 0.717) is 25.2 Å². The zero-order chi connectivity index (χ0) is 16.8. The van der Waals surface area contributed by atoms with Crippen LogP contribution in [-0.4, -0.2) is 34.9 Å². The highest BCUT2D eigenvalue weighted by Crippen LogP contribution is 2.22. The number of likely N-dealkylation sites (tertiary alicyclic amines) is 1. The second kappa shape index (κ2) is 9.54. The monoisotopic (exact) mass is 360 g/mol. The molecule has 24 heavy (non-hydrogen) atoms. The number of anilines is 1. The molecule has 0 aromatic carbocycles. The third kappa shape index (κ3) is 5.72. The smallest absolute Gasteiger partial charge is 0.269 e. The van der Waals surface area contributed by atoms with Crippen molar-refractivity contribution in [3.05, 3.63) is 35.7 Å². The van der Waals surface area contributed by atoms with E-state index in [0.717, 1.165) is 18.5 Å². The number of carbonyl (C=O) groups excluding carboxylic acids is 1. The van der Waals surface area contributed by atoms with Crippen LogP contribution in [0.3, 0.4) is 0 Å². The molecule has 5 nitrogen and oxygen atoms in total. The first kappa shape index (κ1) is 20.3. The van der Waals surface area contributed by atoms with Crippen LogP contribution in [0.25, 0.3) is 0 Å². The third-order valence-electron chi connectivity index (χ3n) is 4.06. The van der Waals surface area contributed by atoms with Gasteiger partial charge < -0.3 is 16.4 Å². The molecule has 1 saturated heterocycles. The van der Waals surface area contributed by atoms with Crippen molar-refractivity contribution in [3.63, 3.8) is 0 Å². The Labute approximate surface area is 146 Å². The summed E-state index contributed by atoms with van der Waals surface area (Å²) in [4.78, 5) is 18.0. The van der Waals surface area contributed by atoms with E-state index in [1.54, 1.807) is 17.2 Å². The first-order valence-corrected chi connectivity index (χ1v) is 7.75. The van der Waals surface area contributed by atoms with Crippen molar-refractivity contribution in [1.29, 1.82) is 0 Å². The lowest BCUT2D eigenvalue weighted by Crippen LogP contribution is -2.46. The molecular weight excluding hydrogens is 338 g/mol. The van der Waals surface area contributed by atoms with Gasteiger partial charge in [0.1, 0.15) is 0 Å². The van der Waals surface area contributed by atoms with Crippen LogP contribution in [0.5, 0.6) is 0 Å². The Morgan fingerprint density at radius 2 is 1.96 bits per heavy atom. The van der Waals surface area contributed by atoms with Crippen molar-refractivity contribution in [2.75, 3.05) is 18.8 Å². The number of nitrogen functional groups attached to an aromatic ring is 1. The SMILES string of the molecule is Cl.Nc1ccc(CCC[C@H](N)C(=O)N2CCC(=C(F)F)CC2)nc1. The fraction of sp³-hybridized carbons (Fsp3) is 0.500. The average Bonchev–Trinajstić information content (AvgIpc) is 2.56. The van der Waals surface area contributed by atoms with E-state index in [1.807, 2.05) is 6.07 Å². The molecule has 8 heteroatoms. The molecule has 1 atom stereocenters. The molecule has 134 valence electrons. The Morgan fingerprint density at radius 3 is 2.50 bits per heavy atom. The Morgan fingerprint density at radius 1 is 1.29 bits per heavy atom. The van der Waals surface area contributed by atoms with Crippen LogP contribution in [0.1, 0.15) is 31.4 Å². The zero-order valence-electron chi connectivity index (χ0n) is 13.4. The fourth-order valence-electron chi connectivity index (χ4n) is 2.63. The van der Waals surface area contributed by atoms with Gasteiger partial charge in [-0.3, -0.25) is 9.78 Å². The molecule has 1 aromatic rings. The number of hydrogen-bond donors (Lipinski definition) is 2. The van der Waals surface area contributed by atoms with Gasteiger partial charge in [0.2, 0.25) is 5.91 Å². The molecule has 2 heterocycles. The van der Waals surface area contributed by atoms with Gasteiger partial charge in [0.25, 0.3) is 6.08 Å². The van der Waals surface area contributed by atoms with Gasteiger partial charge in [0.05, 0.1) is 17.9 Å². The highest BCUT2D eigenvalue weighted by Gasteiger charge is 2.25. The largest absolute Gasteiger partial charge is 0.397 e. The minimum atomic E-state index is -1.61. The summed E-state index contributed by atoms with van der Waals surface area (Å²) in [5.74, 6) is -0.159. The molecule has 0 bridgehead atoms. The van der Waals surface area contributed by atoms with Crippen LogP contribution in [0.4, 0.5) is 14.5 Å². The molecule has 1 aliphatic rings. The fourth-order valence-corrected chi connectivity index (χ4v) is 2.63. The van der Waals surface area contributed by atoms with Gasteiger partial charge in [-0.1, -0.05) is 0 Å². The summed E-state index contributed by atoms with van der Waals surface area (Å²) >= 11 is 0. The molecule has 2 rings (SSSR count). The lowest BCUT2D eigenvalue weighted by Gasteiger charge is -2.30. The molecule has 1 amide bonds. The van der Waals surface area contributed by atoms with E-state index in [2.05, 4.69) is 4.98 Å². The van der Waals surface area contributed by atoms with E-state index in [-0.39, 0.29) is 36.7 Å². The summed E-state index contributed by atoms with van der Waals surface area (Å²) in [6, 6.07) is 3.05. The quantitative estimate of drug-likeness (QED) is 0.844. The number of carbonyl (C=O) groups is 1. The van der Waals surface area contributed by atoms with Crippen molar-refractivity contribution in [1.82, 2.24) is 9.88 Å². The highest BCUT2D eigenvalue weighted by molar-refractivity contribution is 5.85. The Kier molecular flexibility index (Phi) is 8.07. The first-order valence-electron chi connectivity index (χ1n) is 7.75. The predicted octanol–water partition coefficient (Wildman–Crippen LogP) is 2.51. The summed E-state index contributed by atoms with van der Waals surface area (Å²) in [7, 11) is 0. The van der Waals surface area contributed by atoms with Crippen LogP contribution in [0.15, 0.2) is 30.0 Å². The van der Waals surface area contributed by atoms with Gasteiger partial charge in [0, 0.05) is 18.8 Å². The van der Waals surface area contributed by atoms with E-state index in [9.17, 15) is 13.6 Å². The Bertz CT molecular complexity index is 566. The molecule has 0 unspecified atom stereocenters. The van der Waals surface area contributed by atoms with Crippen molar-refractivity contribution in [2.24, 2.45) is 5.73 Å². The van der Waals surface area contributed by atoms with E-state index < -0.39 is 12.1 Å². The zero-order valence-corrected chi connectivity index (χ0v) is 14.2. The first-order chi connectivity index (χ1) is 11.0. The van der Waals surface area contributed by atoms with Gasteiger partial charge in [-0.05, 0) is 49.8 Å². The van der Waals surface area contributed by atoms with Gasteiger partial charge >= 0.3 is 0 Å². The minimum Gasteiger partial charge on any atom is -0.397 e. The molecule has 0 radical (unpaired) electrons. The lowest BCUT2D eigenvalue weighted by molar-refractivity contribution is -0.133. The summed E-state index contributed by atoms with van der Waals surface area (Å²) in [6.07, 6.45) is 2.46. The van der Waals surface area contributed by atoms with Crippen molar-refractivity contribution >= 4 is 24.0 Å². The van der Waals surface area contributed by atoms with E-state index in [4.69, 9.17) is 11.5 Å². The van der Waals surface area contributed by atoms with Crippen molar-refractivity contribution in [3.8, 4) is 0 Å². The predicted molar refractivity (Wildman–Crippen MR) is 91.9 cm³/mol. The summed E-state index contributed by atoms with van der Waals surface area (Å²) in [5.41, 5.74) is 13.2. The third-order valence-corrected chi connectivity index (χ3v) is 4.06. The van der Waals surface area contributed by atoms with Crippen LogP contribution < -0.4 is 11.5 Å². The molecule has 0 aliphatic carbocycles. The molecule has 1 fully saturated rings. The molecule has 1 aliphatic heterocycles. The summed E-state index contributed by atoms with van der Waals surface area (Å²) in [6.45, 7) is 0.636. The number of pyridine rings is 1. The number of aromatic nitrogens is 1. The Balaban J connectivity index is 0.00000288. The molecule has 0 spiro atoms. The van der Waals surface area contributed by atoms with E-state index in [1.165, 1.54) is 0 Å². The topological polar surface area (TPSA) is 85.2 Å². The average molecular weight is 361 g/mol. The Hall–Kier alpha value is -1.73. The van der Waals surface area contributed by atoms with Gasteiger partial charge in [-0.15, -0.1) is 12.4 Å². The van der Waals surface area contributed by atoms with Crippen LogP contribution in [-0.2, 0) is 11.2 Å². The number of piperidine rings is 1. The summed E-state index contributed by atoms with van der Waals surface area (Å²) in [5, 5.41) is 0. The van der Waals surface area contributed by atoms with Crippen LogP contribution in [0.2, 0.25) is 0 Å². The molecule has 0 saturated carbocycles. The normalized spacial score (nSPS) is 15.6. The standard InChI is InChI=1S/C16H22F2N4O.ClH/c17-15(18)11-6-8-22(9-7-11)16(23)14(20)3-1-2-13-5-4-12(19)10-21-13;/h4-5,10,14H,1-3,6-9,19-20H2;1H/t14-;/m0./s1. The number of rotatable bonds is 5. The number of amides is 1. The van der Waals surface area contributed by atoms with Crippen molar-refractivity contribution in [2.45, 2.75) is 38.1 Å². The molecular formula is C16H23ClF2N4O. The van der Waals surface area contributed by atoms with Gasteiger partial charge in [0.15, 0.2) is 0 Å². The number of aryl methyl sites for hydroxylation is 1. The second-order valence-electron chi connectivity index (χ2n) is 5.77. The maximum atomic E-state index is 12.5. The summed E-state index contributed by atoms with van der Waals surface area (Å²) < 4.78 is 25.0. The maximum Gasteiger partial charge on any atom is 0.269 e. The lowest BCUT2D eigenvalue weighted by atomic mass is 10.0. The minimum absolute atomic E-state index is 0. The number of nitrogens with zero attached hydrogens (tertiary/aromatic N) is 2.